The Labute approximate surface area is 163 Å². The first-order valence-corrected chi connectivity index (χ1v) is 9.51. The van der Waals surface area contributed by atoms with Crippen molar-refractivity contribution >= 4 is 46.8 Å². The van der Waals surface area contributed by atoms with Gasteiger partial charge in [0.05, 0.1) is 15.7 Å². The molecule has 0 aliphatic carbocycles. The van der Waals surface area contributed by atoms with Gasteiger partial charge in [-0.1, -0.05) is 41.4 Å². The van der Waals surface area contributed by atoms with E-state index in [1.165, 1.54) is 5.56 Å². The number of carbonyl (C=O) groups is 1. The molecule has 0 radical (unpaired) electrons. The third-order valence-electron chi connectivity index (χ3n) is 4.72. The monoisotopic (exact) mass is 395 g/mol. The summed E-state index contributed by atoms with van der Waals surface area (Å²) in [7, 11) is 0. The van der Waals surface area contributed by atoms with E-state index in [1.807, 2.05) is 32.0 Å². The van der Waals surface area contributed by atoms with Crippen molar-refractivity contribution in [1.29, 1.82) is 0 Å². The summed E-state index contributed by atoms with van der Waals surface area (Å²) < 4.78 is 0. The molecule has 25 heavy (non-hydrogen) atoms. The maximum absolute atomic E-state index is 11.4. The zero-order chi connectivity index (χ0) is 18.1. The zero-order valence-electron chi connectivity index (χ0n) is 14.2. The summed E-state index contributed by atoms with van der Waals surface area (Å²) >= 11 is 18.8. The highest BCUT2D eigenvalue weighted by Gasteiger charge is 2.31. The number of carbonyl (C=O) groups excluding carboxylic acids is 1. The Balaban J connectivity index is 1.83. The van der Waals surface area contributed by atoms with Gasteiger partial charge >= 0.3 is 0 Å². The molecule has 2 aromatic rings. The molecule has 1 heterocycles. The van der Waals surface area contributed by atoms with Gasteiger partial charge in [-0.05, 0) is 49.1 Å². The summed E-state index contributed by atoms with van der Waals surface area (Å²) in [6, 6.07) is 9.82. The summed E-state index contributed by atoms with van der Waals surface area (Å²) in [4.78, 5) is 13.6. The van der Waals surface area contributed by atoms with Crippen molar-refractivity contribution in [2.75, 3.05) is 18.0 Å². The molecule has 1 aliphatic rings. The summed E-state index contributed by atoms with van der Waals surface area (Å²) in [6.07, 6.45) is 1.63. The van der Waals surface area contributed by atoms with Crippen molar-refractivity contribution in [1.82, 2.24) is 0 Å². The van der Waals surface area contributed by atoms with Gasteiger partial charge in [0.2, 0.25) is 0 Å². The highest BCUT2D eigenvalue weighted by Crippen LogP contribution is 2.40. The fraction of sp³-hybridized carbons (Fsp3) is 0.350. The van der Waals surface area contributed by atoms with Gasteiger partial charge in [0.1, 0.15) is 0 Å². The average molecular weight is 397 g/mol. The normalized spacial score (nSPS) is 15.8. The lowest BCUT2D eigenvalue weighted by Gasteiger charge is -2.42. The van der Waals surface area contributed by atoms with Crippen LogP contribution in [0.15, 0.2) is 30.3 Å². The van der Waals surface area contributed by atoms with Gasteiger partial charge in [-0.25, -0.2) is 0 Å². The Hall–Kier alpha value is -1.22. The fourth-order valence-corrected chi connectivity index (χ4v) is 4.24. The van der Waals surface area contributed by atoms with E-state index in [-0.39, 0.29) is 5.38 Å². The van der Waals surface area contributed by atoms with Crippen LogP contribution in [-0.2, 0) is 6.42 Å². The third kappa shape index (κ3) is 3.81. The molecule has 0 aromatic heterocycles. The standard InChI is InChI=1S/C20H20Cl3NO/c1-12-6-14(8-15(7-13(2)21)17(12)11-25)16-9-24(10-16)20-18(22)4-3-5-19(20)23/h3-6,8,11,13,16H,7,9-10H2,1-2H3. The predicted octanol–water partition coefficient (Wildman–Crippen LogP) is 5.89. The van der Waals surface area contributed by atoms with E-state index in [0.717, 1.165) is 41.8 Å². The lowest BCUT2D eigenvalue weighted by atomic mass is 9.86. The van der Waals surface area contributed by atoms with Gasteiger partial charge in [0, 0.05) is 29.9 Å². The van der Waals surface area contributed by atoms with Gasteiger partial charge in [-0.15, -0.1) is 11.6 Å². The highest BCUT2D eigenvalue weighted by atomic mass is 35.5. The average Bonchev–Trinajstić information content (AvgIpc) is 2.48. The lowest BCUT2D eigenvalue weighted by Crippen LogP contribution is -2.45. The molecule has 1 unspecified atom stereocenters. The van der Waals surface area contributed by atoms with Gasteiger partial charge in [0.15, 0.2) is 6.29 Å². The smallest absolute Gasteiger partial charge is 0.150 e. The first-order valence-electron chi connectivity index (χ1n) is 8.32. The number of hydrogen-bond donors (Lipinski definition) is 0. The highest BCUT2D eigenvalue weighted by molar-refractivity contribution is 6.39. The first-order chi connectivity index (χ1) is 11.9. The maximum atomic E-state index is 11.4. The lowest BCUT2D eigenvalue weighted by molar-refractivity contribution is 0.112. The molecule has 132 valence electrons. The number of benzene rings is 2. The second-order valence-corrected chi connectivity index (χ2v) is 8.24. The minimum Gasteiger partial charge on any atom is -0.368 e. The van der Waals surface area contributed by atoms with Crippen LogP contribution in [0, 0.1) is 6.92 Å². The SMILES string of the molecule is Cc1cc(C2CN(c3c(Cl)cccc3Cl)C2)cc(CC(C)Cl)c1C=O. The molecule has 1 aliphatic heterocycles. The van der Waals surface area contributed by atoms with Crippen molar-refractivity contribution in [2.45, 2.75) is 31.6 Å². The van der Waals surface area contributed by atoms with Gasteiger partial charge in [0.25, 0.3) is 0 Å². The van der Waals surface area contributed by atoms with E-state index in [4.69, 9.17) is 34.8 Å². The molecule has 0 amide bonds. The minimum atomic E-state index is -0.00632. The van der Waals surface area contributed by atoms with E-state index in [0.29, 0.717) is 22.4 Å². The topological polar surface area (TPSA) is 20.3 Å². The van der Waals surface area contributed by atoms with Crippen LogP contribution in [0.4, 0.5) is 5.69 Å². The molecule has 1 saturated heterocycles. The molecule has 2 nitrogen and oxygen atoms in total. The summed E-state index contributed by atoms with van der Waals surface area (Å²) in [6.45, 7) is 5.65. The Bertz CT molecular complexity index is 778. The predicted molar refractivity (Wildman–Crippen MR) is 107 cm³/mol. The van der Waals surface area contributed by atoms with Crippen LogP contribution in [-0.4, -0.2) is 24.8 Å². The first kappa shape index (κ1) is 18.6. The summed E-state index contributed by atoms with van der Waals surface area (Å²) in [5.74, 6) is 0.399. The largest absolute Gasteiger partial charge is 0.368 e. The molecular weight excluding hydrogens is 377 g/mol. The number of nitrogens with zero attached hydrogens (tertiary/aromatic N) is 1. The molecule has 0 spiro atoms. The van der Waals surface area contributed by atoms with Gasteiger partial charge in [-0.3, -0.25) is 4.79 Å². The Morgan fingerprint density at radius 2 is 1.88 bits per heavy atom. The molecule has 3 rings (SSSR count). The number of halogens is 3. The molecule has 1 atom stereocenters. The minimum absolute atomic E-state index is 0.00632. The van der Waals surface area contributed by atoms with E-state index in [2.05, 4.69) is 17.0 Å². The molecule has 0 saturated carbocycles. The maximum Gasteiger partial charge on any atom is 0.150 e. The van der Waals surface area contributed by atoms with Crippen LogP contribution in [0.3, 0.4) is 0 Å². The van der Waals surface area contributed by atoms with Crippen molar-refractivity contribution in [3.8, 4) is 0 Å². The number of rotatable bonds is 5. The molecule has 1 fully saturated rings. The van der Waals surface area contributed by atoms with Crippen LogP contribution in [0.5, 0.6) is 0 Å². The number of aryl methyl sites for hydroxylation is 1. The quantitative estimate of drug-likeness (QED) is 0.464. The van der Waals surface area contributed by atoms with Crippen LogP contribution in [0.25, 0.3) is 0 Å². The Morgan fingerprint density at radius 1 is 1.24 bits per heavy atom. The molecule has 0 bridgehead atoms. The molecule has 2 aromatic carbocycles. The zero-order valence-corrected chi connectivity index (χ0v) is 16.5. The van der Waals surface area contributed by atoms with Crippen LogP contribution >= 0.6 is 34.8 Å². The molecule has 0 N–H and O–H groups in total. The van der Waals surface area contributed by atoms with E-state index in [9.17, 15) is 4.79 Å². The van der Waals surface area contributed by atoms with Crippen molar-refractivity contribution in [3.05, 3.63) is 62.6 Å². The van der Waals surface area contributed by atoms with Crippen LogP contribution < -0.4 is 4.90 Å². The van der Waals surface area contributed by atoms with Gasteiger partial charge < -0.3 is 4.90 Å². The Morgan fingerprint density at radius 3 is 2.44 bits per heavy atom. The Kier molecular flexibility index (Phi) is 5.62. The van der Waals surface area contributed by atoms with Crippen LogP contribution in [0.1, 0.15) is 39.9 Å². The third-order valence-corrected chi connectivity index (χ3v) is 5.48. The van der Waals surface area contributed by atoms with Crippen molar-refractivity contribution in [2.24, 2.45) is 0 Å². The second-order valence-electron chi connectivity index (χ2n) is 6.69. The number of aldehydes is 1. The molecular formula is C20H20Cl3NO. The van der Waals surface area contributed by atoms with E-state index >= 15 is 0 Å². The number of anilines is 1. The fourth-order valence-electron chi connectivity index (χ4n) is 3.44. The second kappa shape index (κ2) is 7.57. The van der Waals surface area contributed by atoms with Crippen molar-refractivity contribution < 1.29 is 4.79 Å². The number of hydrogen-bond acceptors (Lipinski definition) is 2. The van der Waals surface area contributed by atoms with Gasteiger partial charge in [-0.2, -0.15) is 0 Å². The van der Waals surface area contributed by atoms with E-state index in [1.54, 1.807) is 0 Å². The summed E-state index contributed by atoms with van der Waals surface area (Å²) in [5, 5.41) is 1.35. The van der Waals surface area contributed by atoms with Crippen LogP contribution in [0.2, 0.25) is 10.0 Å². The van der Waals surface area contributed by atoms with Crippen molar-refractivity contribution in [3.63, 3.8) is 0 Å². The number of para-hydroxylation sites is 1. The molecule has 5 heteroatoms. The number of alkyl halides is 1. The summed E-state index contributed by atoms with van der Waals surface area (Å²) in [5.41, 5.74) is 4.95. The van der Waals surface area contributed by atoms with E-state index < -0.39 is 0 Å².